The van der Waals surface area contributed by atoms with Gasteiger partial charge in [-0.05, 0) is 37.1 Å². The van der Waals surface area contributed by atoms with Crippen LogP contribution < -0.4 is 10.1 Å². The molecule has 1 unspecified atom stereocenters. The second-order valence-corrected chi connectivity index (χ2v) is 5.28. The van der Waals surface area contributed by atoms with E-state index in [4.69, 9.17) is 4.74 Å². The molecule has 122 valence electrons. The van der Waals surface area contributed by atoms with Crippen molar-refractivity contribution < 1.29 is 14.8 Å². The molecule has 0 bridgehead atoms. The van der Waals surface area contributed by atoms with E-state index in [1.807, 2.05) is 31.2 Å². The summed E-state index contributed by atoms with van der Waals surface area (Å²) in [6.07, 6.45) is 0.456. The zero-order valence-corrected chi connectivity index (χ0v) is 13.0. The summed E-state index contributed by atoms with van der Waals surface area (Å²) in [6.45, 7) is 4.06. The standard InChI is InChI=1S/C16H19N3O4/c1-11-4-3-5-15(6-11)23-10-14(20)9-18-16-12(2)7-13(8-17-16)19(21)22/h3-8,14,20H,9-10H2,1-2H3,(H,17,18). The molecule has 1 aromatic carbocycles. The molecule has 1 aromatic heterocycles. The number of hydrogen-bond donors (Lipinski definition) is 2. The van der Waals surface area contributed by atoms with E-state index >= 15 is 0 Å². The van der Waals surface area contributed by atoms with Crippen LogP contribution in [0.15, 0.2) is 36.5 Å². The Labute approximate surface area is 134 Å². The van der Waals surface area contributed by atoms with Gasteiger partial charge in [-0.25, -0.2) is 4.98 Å². The van der Waals surface area contributed by atoms with Gasteiger partial charge in [0.2, 0.25) is 0 Å². The van der Waals surface area contributed by atoms with Crippen molar-refractivity contribution in [3.05, 3.63) is 57.8 Å². The van der Waals surface area contributed by atoms with E-state index in [1.165, 1.54) is 12.3 Å². The second kappa shape index (κ2) is 7.55. The van der Waals surface area contributed by atoms with Crippen LogP contribution in [0.4, 0.5) is 11.5 Å². The maximum absolute atomic E-state index is 10.7. The first-order valence-corrected chi connectivity index (χ1v) is 7.18. The van der Waals surface area contributed by atoms with Crippen LogP contribution in [-0.2, 0) is 0 Å². The lowest BCUT2D eigenvalue weighted by Crippen LogP contribution is -2.26. The number of benzene rings is 1. The Bertz CT molecular complexity index is 691. The molecule has 0 fully saturated rings. The molecule has 0 spiro atoms. The molecule has 0 amide bonds. The lowest BCUT2D eigenvalue weighted by molar-refractivity contribution is -0.385. The van der Waals surface area contributed by atoms with Crippen LogP contribution in [0.3, 0.4) is 0 Å². The average Bonchev–Trinajstić information content (AvgIpc) is 2.51. The van der Waals surface area contributed by atoms with Crippen LogP contribution in [0.25, 0.3) is 0 Å². The molecule has 7 heteroatoms. The smallest absolute Gasteiger partial charge is 0.287 e. The van der Waals surface area contributed by atoms with E-state index in [0.717, 1.165) is 5.56 Å². The van der Waals surface area contributed by atoms with E-state index in [-0.39, 0.29) is 18.8 Å². The molecule has 0 aliphatic carbocycles. The summed E-state index contributed by atoms with van der Waals surface area (Å²) in [5.41, 5.74) is 1.67. The molecular formula is C16H19N3O4. The van der Waals surface area contributed by atoms with Gasteiger partial charge in [0.25, 0.3) is 5.69 Å². The first kappa shape index (κ1) is 16.7. The van der Waals surface area contributed by atoms with Crippen LogP contribution >= 0.6 is 0 Å². The quantitative estimate of drug-likeness (QED) is 0.601. The summed E-state index contributed by atoms with van der Waals surface area (Å²) in [6, 6.07) is 9.01. The second-order valence-electron chi connectivity index (χ2n) is 5.28. The molecule has 0 aliphatic heterocycles. The van der Waals surface area contributed by atoms with E-state index in [1.54, 1.807) is 6.92 Å². The molecule has 2 rings (SSSR count). The molecule has 0 aliphatic rings. The van der Waals surface area contributed by atoms with Crippen LogP contribution in [-0.4, -0.2) is 34.3 Å². The summed E-state index contributed by atoms with van der Waals surface area (Å²) in [4.78, 5) is 14.2. The number of rotatable bonds is 7. The summed E-state index contributed by atoms with van der Waals surface area (Å²) < 4.78 is 5.52. The van der Waals surface area contributed by atoms with Crippen LogP contribution in [0.2, 0.25) is 0 Å². The average molecular weight is 317 g/mol. The molecular weight excluding hydrogens is 298 g/mol. The number of nitro groups is 1. The van der Waals surface area contributed by atoms with E-state index in [2.05, 4.69) is 10.3 Å². The van der Waals surface area contributed by atoms with Crippen molar-refractivity contribution in [3.63, 3.8) is 0 Å². The Morgan fingerprint density at radius 3 is 2.83 bits per heavy atom. The third kappa shape index (κ3) is 4.93. The maximum atomic E-state index is 10.7. The Balaban J connectivity index is 1.84. The Kier molecular flexibility index (Phi) is 5.48. The topological polar surface area (TPSA) is 97.5 Å². The van der Waals surface area contributed by atoms with Crippen molar-refractivity contribution in [3.8, 4) is 5.75 Å². The van der Waals surface area contributed by atoms with Crippen molar-refractivity contribution in [1.82, 2.24) is 4.98 Å². The number of nitrogens with zero attached hydrogens (tertiary/aromatic N) is 2. The number of ether oxygens (including phenoxy) is 1. The van der Waals surface area contributed by atoms with Crippen molar-refractivity contribution in [1.29, 1.82) is 0 Å². The Hall–Kier alpha value is -2.67. The van der Waals surface area contributed by atoms with Gasteiger partial charge < -0.3 is 15.2 Å². The zero-order chi connectivity index (χ0) is 16.8. The molecule has 23 heavy (non-hydrogen) atoms. The van der Waals surface area contributed by atoms with Crippen molar-refractivity contribution >= 4 is 11.5 Å². The number of nitrogens with one attached hydrogen (secondary N) is 1. The minimum atomic E-state index is -0.730. The number of anilines is 1. The van der Waals surface area contributed by atoms with Crippen molar-refractivity contribution in [2.45, 2.75) is 20.0 Å². The number of aliphatic hydroxyl groups excluding tert-OH is 1. The summed E-state index contributed by atoms with van der Waals surface area (Å²) in [5.74, 6) is 1.21. The first-order chi connectivity index (χ1) is 11.0. The minimum Gasteiger partial charge on any atom is -0.491 e. The number of aromatic nitrogens is 1. The molecule has 2 N–H and O–H groups in total. The number of hydrogen-bond acceptors (Lipinski definition) is 6. The molecule has 0 radical (unpaired) electrons. The highest BCUT2D eigenvalue weighted by atomic mass is 16.6. The van der Waals surface area contributed by atoms with Gasteiger partial charge in [-0.15, -0.1) is 0 Å². The van der Waals surface area contributed by atoms with Crippen LogP contribution in [0.5, 0.6) is 5.75 Å². The predicted molar refractivity (Wildman–Crippen MR) is 86.8 cm³/mol. The van der Waals surface area contributed by atoms with E-state index in [0.29, 0.717) is 17.1 Å². The molecule has 7 nitrogen and oxygen atoms in total. The summed E-state index contributed by atoms with van der Waals surface area (Å²) in [5, 5.41) is 23.6. The highest BCUT2D eigenvalue weighted by molar-refractivity contribution is 5.48. The normalized spacial score (nSPS) is 11.8. The molecule has 2 aromatic rings. The number of aryl methyl sites for hydroxylation is 2. The Morgan fingerprint density at radius 2 is 2.17 bits per heavy atom. The van der Waals surface area contributed by atoms with Gasteiger partial charge in [0, 0.05) is 12.6 Å². The third-order valence-electron chi connectivity index (χ3n) is 3.21. The highest BCUT2D eigenvalue weighted by Crippen LogP contribution is 2.18. The lowest BCUT2D eigenvalue weighted by Gasteiger charge is -2.14. The zero-order valence-electron chi connectivity index (χ0n) is 13.0. The fourth-order valence-corrected chi connectivity index (χ4v) is 2.02. The van der Waals surface area contributed by atoms with Gasteiger partial charge in [0.15, 0.2) is 0 Å². The first-order valence-electron chi connectivity index (χ1n) is 7.18. The summed E-state index contributed by atoms with van der Waals surface area (Å²) in [7, 11) is 0. The lowest BCUT2D eigenvalue weighted by atomic mass is 10.2. The minimum absolute atomic E-state index is 0.0589. The predicted octanol–water partition coefficient (Wildman–Crippen LogP) is 2.46. The van der Waals surface area contributed by atoms with E-state index < -0.39 is 11.0 Å². The fraction of sp³-hybridized carbons (Fsp3) is 0.312. The highest BCUT2D eigenvalue weighted by Gasteiger charge is 2.11. The Morgan fingerprint density at radius 1 is 1.39 bits per heavy atom. The van der Waals surface area contributed by atoms with Gasteiger partial charge in [0.05, 0.1) is 4.92 Å². The van der Waals surface area contributed by atoms with Gasteiger partial charge in [0.1, 0.15) is 30.5 Å². The van der Waals surface area contributed by atoms with Crippen LogP contribution in [0, 0.1) is 24.0 Å². The maximum Gasteiger partial charge on any atom is 0.287 e. The van der Waals surface area contributed by atoms with E-state index in [9.17, 15) is 15.2 Å². The van der Waals surface area contributed by atoms with Gasteiger partial charge in [-0.1, -0.05) is 12.1 Å². The SMILES string of the molecule is Cc1cccc(OCC(O)CNc2ncc([N+](=O)[O-])cc2C)c1. The number of pyridine rings is 1. The molecule has 0 saturated heterocycles. The molecule has 1 atom stereocenters. The molecule has 1 heterocycles. The van der Waals surface area contributed by atoms with Crippen LogP contribution in [0.1, 0.15) is 11.1 Å². The van der Waals surface area contributed by atoms with Gasteiger partial charge >= 0.3 is 0 Å². The fourth-order valence-electron chi connectivity index (χ4n) is 2.02. The largest absolute Gasteiger partial charge is 0.491 e. The molecule has 0 saturated carbocycles. The number of aliphatic hydroxyl groups is 1. The summed E-state index contributed by atoms with van der Waals surface area (Å²) >= 11 is 0. The van der Waals surface area contributed by atoms with Crippen molar-refractivity contribution in [2.75, 3.05) is 18.5 Å². The van der Waals surface area contributed by atoms with Gasteiger partial charge in [-0.2, -0.15) is 0 Å². The monoisotopic (exact) mass is 317 g/mol. The third-order valence-corrected chi connectivity index (χ3v) is 3.21. The van der Waals surface area contributed by atoms with Crippen molar-refractivity contribution in [2.24, 2.45) is 0 Å². The van der Waals surface area contributed by atoms with Gasteiger partial charge in [-0.3, -0.25) is 10.1 Å².